The van der Waals surface area contributed by atoms with E-state index in [0.717, 1.165) is 0 Å². The number of hydrogen-bond acceptors (Lipinski definition) is 8. The van der Waals surface area contributed by atoms with Crippen LogP contribution in [0, 0.1) is 0 Å². The SMILES string of the molecule is NCC(=O)N[C@@H](CCC(=O)O)C(=O)NCC(=O)N[C@@H](Cc1cnc[nH]1)C(=O)CN. The first-order chi connectivity index (χ1) is 13.8. The van der Waals surface area contributed by atoms with Crippen LogP contribution in [0.4, 0.5) is 0 Å². The van der Waals surface area contributed by atoms with Crippen molar-refractivity contribution in [3.8, 4) is 0 Å². The van der Waals surface area contributed by atoms with Gasteiger partial charge in [0, 0.05) is 24.7 Å². The molecule has 1 rings (SSSR count). The molecule has 2 atom stereocenters. The van der Waals surface area contributed by atoms with Crippen molar-refractivity contribution in [2.75, 3.05) is 19.6 Å². The Hall–Kier alpha value is -3.32. The number of aromatic amines is 1. The van der Waals surface area contributed by atoms with Crippen molar-refractivity contribution in [3.05, 3.63) is 18.2 Å². The van der Waals surface area contributed by atoms with Gasteiger partial charge in [-0.1, -0.05) is 0 Å². The Kier molecular flexibility index (Phi) is 9.98. The van der Waals surface area contributed by atoms with Gasteiger partial charge in [0.2, 0.25) is 17.7 Å². The maximum absolute atomic E-state index is 12.2. The van der Waals surface area contributed by atoms with E-state index in [-0.39, 0.29) is 32.4 Å². The first kappa shape index (κ1) is 23.7. The van der Waals surface area contributed by atoms with Gasteiger partial charge in [-0.15, -0.1) is 0 Å². The molecule has 0 aromatic carbocycles. The summed E-state index contributed by atoms with van der Waals surface area (Å²) in [7, 11) is 0. The van der Waals surface area contributed by atoms with E-state index in [9.17, 15) is 24.0 Å². The van der Waals surface area contributed by atoms with E-state index in [0.29, 0.717) is 5.69 Å². The number of carbonyl (C=O) groups excluding carboxylic acids is 4. The van der Waals surface area contributed by atoms with Crippen LogP contribution in [0.1, 0.15) is 18.5 Å². The van der Waals surface area contributed by atoms with Crippen LogP contribution in [0.3, 0.4) is 0 Å². The molecule has 0 saturated heterocycles. The van der Waals surface area contributed by atoms with Gasteiger partial charge in [-0.3, -0.25) is 24.0 Å². The quantitative estimate of drug-likeness (QED) is 0.170. The maximum atomic E-state index is 12.2. The fourth-order valence-electron chi connectivity index (χ4n) is 2.33. The predicted octanol–water partition coefficient (Wildman–Crippen LogP) is -3.61. The smallest absolute Gasteiger partial charge is 0.303 e. The van der Waals surface area contributed by atoms with Crippen molar-refractivity contribution >= 4 is 29.5 Å². The zero-order valence-electron chi connectivity index (χ0n) is 15.6. The molecule has 3 amide bonds. The minimum absolute atomic E-state index is 0.142. The van der Waals surface area contributed by atoms with Crippen LogP contribution in [-0.4, -0.2) is 76.3 Å². The number of imidazole rings is 1. The van der Waals surface area contributed by atoms with Crippen LogP contribution in [0.25, 0.3) is 0 Å². The molecule has 160 valence electrons. The second-order valence-electron chi connectivity index (χ2n) is 6.05. The van der Waals surface area contributed by atoms with Gasteiger partial charge in [-0.25, -0.2) is 4.98 Å². The van der Waals surface area contributed by atoms with E-state index in [4.69, 9.17) is 16.6 Å². The minimum Gasteiger partial charge on any atom is -0.481 e. The summed E-state index contributed by atoms with van der Waals surface area (Å²) in [6.45, 7) is -1.15. The van der Waals surface area contributed by atoms with Gasteiger partial charge in [0.25, 0.3) is 0 Å². The van der Waals surface area contributed by atoms with Crippen molar-refractivity contribution in [3.63, 3.8) is 0 Å². The number of amides is 3. The molecule has 0 fully saturated rings. The Morgan fingerprint density at radius 2 is 1.76 bits per heavy atom. The Bertz CT molecular complexity index is 721. The van der Waals surface area contributed by atoms with Gasteiger partial charge in [-0.2, -0.15) is 0 Å². The number of aromatic nitrogens is 2. The van der Waals surface area contributed by atoms with Gasteiger partial charge >= 0.3 is 5.97 Å². The lowest BCUT2D eigenvalue weighted by Gasteiger charge is -2.19. The summed E-state index contributed by atoms with van der Waals surface area (Å²) in [6, 6.07) is -2.08. The molecule has 0 aliphatic carbocycles. The van der Waals surface area contributed by atoms with Crippen molar-refractivity contribution < 1.29 is 29.1 Å². The molecular formula is C16H25N7O6. The van der Waals surface area contributed by atoms with Crippen LogP contribution in [0.5, 0.6) is 0 Å². The van der Waals surface area contributed by atoms with E-state index < -0.39 is 48.1 Å². The molecule has 1 heterocycles. The van der Waals surface area contributed by atoms with Gasteiger partial charge in [0.15, 0.2) is 5.78 Å². The lowest BCUT2D eigenvalue weighted by Crippen LogP contribution is -2.52. The number of hydrogen-bond donors (Lipinski definition) is 7. The molecule has 0 unspecified atom stereocenters. The zero-order chi connectivity index (χ0) is 21.8. The molecule has 13 heteroatoms. The highest BCUT2D eigenvalue weighted by Gasteiger charge is 2.24. The number of nitrogens with zero attached hydrogens (tertiary/aromatic N) is 1. The number of carbonyl (C=O) groups is 5. The Balaban J connectivity index is 2.62. The Morgan fingerprint density at radius 3 is 2.31 bits per heavy atom. The van der Waals surface area contributed by atoms with E-state index in [1.807, 2.05) is 0 Å². The molecule has 29 heavy (non-hydrogen) atoms. The summed E-state index contributed by atoms with van der Waals surface area (Å²) >= 11 is 0. The highest BCUT2D eigenvalue weighted by Crippen LogP contribution is 2.00. The molecule has 13 nitrogen and oxygen atoms in total. The minimum atomic E-state index is -1.17. The standard InChI is InChI=1S/C16H25N7O6/c17-4-12(24)11(3-9-6-19-8-21-9)23-14(26)7-20-16(29)10(1-2-15(27)28)22-13(25)5-18/h6,8,10-11H,1-5,7,17-18H2,(H,19,21)(H,20,29)(H,22,25)(H,23,26)(H,27,28)/t10-,11-/m0/s1. The van der Waals surface area contributed by atoms with Crippen LogP contribution in [-0.2, 0) is 30.4 Å². The van der Waals surface area contributed by atoms with Crippen LogP contribution >= 0.6 is 0 Å². The monoisotopic (exact) mass is 411 g/mol. The molecule has 0 aliphatic rings. The third-order valence-electron chi connectivity index (χ3n) is 3.81. The topological polar surface area (TPSA) is 222 Å². The van der Waals surface area contributed by atoms with E-state index in [1.165, 1.54) is 12.5 Å². The second kappa shape index (κ2) is 12.2. The molecule has 0 saturated carbocycles. The zero-order valence-corrected chi connectivity index (χ0v) is 15.6. The number of Topliss-reactive ketones (excluding diaryl/α,β-unsaturated/α-hetero) is 1. The van der Waals surface area contributed by atoms with Gasteiger partial charge in [0.1, 0.15) is 6.04 Å². The van der Waals surface area contributed by atoms with Gasteiger partial charge in [0.05, 0.1) is 32.0 Å². The summed E-state index contributed by atoms with van der Waals surface area (Å²) in [5, 5.41) is 15.8. The van der Waals surface area contributed by atoms with E-state index in [1.54, 1.807) is 0 Å². The van der Waals surface area contributed by atoms with Gasteiger partial charge in [-0.05, 0) is 6.42 Å². The molecule has 0 radical (unpaired) electrons. The third kappa shape index (κ3) is 8.94. The van der Waals surface area contributed by atoms with Crippen molar-refractivity contribution in [1.29, 1.82) is 0 Å². The lowest BCUT2D eigenvalue weighted by atomic mass is 10.1. The molecule has 0 aliphatic heterocycles. The number of nitrogens with one attached hydrogen (secondary N) is 4. The highest BCUT2D eigenvalue weighted by molar-refractivity contribution is 5.93. The van der Waals surface area contributed by atoms with E-state index >= 15 is 0 Å². The number of H-pyrrole nitrogens is 1. The Morgan fingerprint density at radius 1 is 1.07 bits per heavy atom. The summed E-state index contributed by atoms with van der Waals surface area (Å²) < 4.78 is 0. The summed E-state index contributed by atoms with van der Waals surface area (Å²) in [5.74, 6) is -3.61. The Labute approximate surface area is 166 Å². The molecule has 9 N–H and O–H groups in total. The number of carboxylic acids is 1. The third-order valence-corrected chi connectivity index (χ3v) is 3.81. The van der Waals surface area contributed by atoms with Crippen molar-refractivity contribution in [2.45, 2.75) is 31.3 Å². The lowest BCUT2D eigenvalue weighted by molar-refractivity contribution is -0.138. The molecule has 1 aromatic rings. The highest BCUT2D eigenvalue weighted by atomic mass is 16.4. The average Bonchev–Trinajstić information content (AvgIpc) is 3.20. The summed E-state index contributed by atoms with van der Waals surface area (Å²) in [5.41, 5.74) is 11.1. The van der Waals surface area contributed by atoms with E-state index in [2.05, 4.69) is 25.9 Å². The van der Waals surface area contributed by atoms with Gasteiger partial charge < -0.3 is 37.5 Å². The average molecular weight is 411 g/mol. The maximum Gasteiger partial charge on any atom is 0.303 e. The summed E-state index contributed by atoms with van der Waals surface area (Å²) in [6.07, 6.45) is 2.52. The van der Waals surface area contributed by atoms with Crippen LogP contribution < -0.4 is 27.4 Å². The normalized spacial score (nSPS) is 12.5. The summed E-state index contributed by atoms with van der Waals surface area (Å²) in [4.78, 5) is 65.0. The molecule has 0 spiro atoms. The molecular weight excluding hydrogens is 386 g/mol. The molecule has 0 bridgehead atoms. The van der Waals surface area contributed by atoms with Crippen LogP contribution in [0.15, 0.2) is 12.5 Å². The number of carboxylic acid groups (broad SMARTS) is 1. The number of nitrogens with two attached hydrogens (primary N) is 2. The van der Waals surface area contributed by atoms with Crippen molar-refractivity contribution in [1.82, 2.24) is 25.9 Å². The number of rotatable bonds is 13. The second-order valence-corrected chi connectivity index (χ2v) is 6.05. The first-order valence-electron chi connectivity index (χ1n) is 8.75. The fourth-order valence-corrected chi connectivity index (χ4v) is 2.33. The van der Waals surface area contributed by atoms with Crippen molar-refractivity contribution in [2.24, 2.45) is 11.5 Å². The first-order valence-corrected chi connectivity index (χ1v) is 8.75. The largest absolute Gasteiger partial charge is 0.481 e. The number of aliphatic carboxylic acids is 1. The molecule has 1 aromatic heterocycles. The number of ketones is 1. The fraction of sp³-hybridized carbons (Fsp3) is 0.500. The predicted molar refractivity (Wildman–Crippen MR) is 99.1 cm³/mol. The van der Waals surface area contributed by atoms with Crippen LogP contribution in [0.2, 0.25) is 0 Å².